The molecule has 0 aromatic rings. The van der Waals surface area contributed by atoms with Crippen LogP contribution in [-0.2, 0) is 8.91 Å². The van der Waals surface area contributed by atoms with Crippen molar-refractivity contribution >= 4 is 22.6 Å². The molecule has 1 atom stereocenters. The molecular weight excluding hydrogens is 260 g/mol. The van der Waals surface area contributed by atoms with Crippen molar-refractivity contribution in [3.05, 3.63) is 11.6 Å². The fourth-order valence-corrected chi connectivity index (χ4v) is 11.4. The largest absolute Gasteiger partial charge is 0.478 e. The van der Waals surface area contributed by atoms with Crippen LogP contribution in [0, 0.1) is 0 Å². The molecule has 0 rings (SSSR count). The highest BCUT2D eigenvalue weighted by Crippen LogP contribution is 2.36. The van der Waals surface area contributed by atoms with Gasteiger partial charge >= 0.3 is 5.97 Å². The first-order valence-electron chi connectivity index (χ1n) is 6.64. The molecule has 18 heavy (non-hydrogen) atoms. The molecule has 5 heteroatoms. The summed E-state index contributed by atoms with van der Waals surface area (Å²) in [5, 5.41) is 9.34. The van der Waals surface area contributed by atoms with E-state index in [1.807, 2.05) is 6.92 Å². The number of allylic oxidation sites excluding steroid dienone is 1. The maximum Gasteiger partial charge on any atom is 0.331 e. The van der Waals surface area contributed by atoms with E-state index in [9.17, 15) is 9.90 Å². The van der Waals surface area contributed by atoms with E-state index in [-0.39, 0.29) is 5.54 Å². The van der Waals surface area contributed by atoms with Gasteiger partial charge in [-0.3, -0.25) is 0 Å². The normalized spacial score (nSPS) is 15.6. The molecule has 0 radical (unpaired) electrons. The molecule has 1 unspecified atom stereocenters. The lowest BCUT2D eigenvalue weighted by Gasteiger charge is -2.38. The molecular formula is C13H28O3Si2. The summed E-state index contributed by atoms with van der Waals surface area (Å²) >= 11 is 0. The third-order valence-corrected chi connectivity index (χ3v) is 9.75. The molecule has 0 aromatic heterocycles. The Kier molecular flexibility index (Phi) is 6.53. The van der Waals surface area contributed by atoms with Crippen LogP contribution in [0.5, 0.6) is 0 Å². The molecule has 0 bridgehead atoms. The number of carbonyl (C=O) groups is 1. The van der Waals surface area contributed by atoms with Gasteiger partial charge < -0.3 is 9.22 Å². The van der Waals surface area contributed by atoms with Gasteiger partial charge in [0.05, 0.1) is 0 Å². The Hall–Kier alpha value is -0.396. The van der Waals surface area contributed by atoms with Crippen LogP contribution < -0.4 is 0 Å². The first kappa shape index (κ1) is 17.6. The Morgan fingerprint density at radius 1 is 1.28 bits per heavy atom. The van der Waals surface area contributed by atoms with Crippen molar-refractivity contribution in [2.45, 2.75) is 65.0 Å². The summed E-state index contributed by atoms with van der Waals surface area (Å²) in [6.45, 7) is 14.7. The summed E-state index contributed by atoms with van der Waals surface area (Å²) in [6, 6.07) is 0. The Labute approximate surface area is 114 Å². The second-order valence-corrected chi connectivity index (χ2v) is 15.2. The van der Waals surface area contributed by atoms with E-state index in [0.29, 0.717) is 5.57 Å². The fraction of sp³-hybridized carbons (Fsp3) is 0.769. The highest BCUT2D eigenvalue weighted by molar-refractivity contribution is 6.85. The van der Waals surface area contributed by atoms with Crippen LogP contribution in [0.25, 0.3) is 0 Å². The van der Waals surface area contributed by atoms with Crippen LogP contribution in [0.4, 0.5) is 0 Å². The molecule has 1 N–H and O–H groups in total. The van der Waals surface area contributed by atoms with Gasteiger partial charge in [-0.25, -0.2) is 4.79 Å². The number of rotatable bonds is 7. The molecule has 0 aromatic carbocycles. The van der Waals surface area contributed by atoms with Gasteiger partial charge in [0.25, 0.3) is 0 Å². The van der Waals surface area contributed by atoms with Crippen molar-refractivity contribution in [2.75, 3.05) is 0 Å². The number of hydrogen-bond donors (Lipinski definition) is 1. The Morgan fingerprint density at radius 2 is 1.78 bits per heavy atom. The van der Waals surface area contributed by atoms with E-state index in [1.54, 1.807) is 6.08 Å². The summed E-state index contributed by atoms with van der Waals surface area (Å²) in [4.78, 5) is 11.4. The highest BCUT2D eigenvalue weighted by Gasteiger charge is 2.40. The van der Waals surface area contributed by atoms with E-state index in [2.05, 4.69) is 39.7 Å². The molecule has 0 aliphatic heterocycles. The summed E-state index contributed by atoms with van der Waals surface area (Å²) < 4.78 is 6.35. The zero-order valence-electron chi connectivity index (χ0n) is 12.8. The van der Waals surface area contributed by atoms with Crippen LogP contribution in [-0.4, -0.2) is 27.7 Å². The van der Waals surface area contributed by atoms with Gasteiger partial charge in [0.1, 0.15) is 0 Å². The number of carboxylic acid groups (broad SMARTS) is 1. The SMILES string of the molecule is CC=C(C(=O)O)C(CCC)[Si](C)(C)O[Si](C)(C)C. The maximum absolute atomic E-state index is 11.4. The molecule has 0 saturated heterocycles. The fourth-order valence-electron chi connectivity index (χ4n) is 2.50. The third kappa shape index (κ3) is 5.50. The summed E-state index contributed by atoms with van der Waals surface area (Å²) in [6.07, 6.45) is 3.63. The smallest absolute Gasteiger partial charge is 0.331 e. The van der Waals surface area contributed by atoms with Gasteiger partial charge in [0.2, 0.25) is 0 Å². The average molecular weight is 289 g/mol. The van der Waals surface area contributed by atoms with Gasteiger partial charge in [0.15, 0.2) is 16.6 Å². The second kappa shape index (κ2) is 6.68. The van der Waals surface area contributed by atoms with Crippen LogP contribution in [0.1, 0.15) is 26.7 Å². The third-order valence-electron chi connectivity index (χ3n) is 2.92. The Bertz CT molecular complexity index is 317. The summed E-state index contributed by atoms with van der Waals surface area (Å²) in [7, 11) is -3.66. The Balaban J connectivity index is 5.27. The van der Waals surface area contributed by atoms with Gasteiger partial charge in [-0.05, 0) is 46.1 Å². The van der Waals surface area contributed by atoms with E-state index in [0.717, 1.165) is 12.8 Å². The van der Waals surface area contributed by atoms with Crippen molar-refractivity contribution in [1.82, 2.24) is 0 Å². The molecule has 0 aliphatic rings. The average Bonchev–Trinajstić information content (AvgIpc) is 2.13. The minimum atomic E-state index is -2.02. The van der Waals surface area contributed by atoms with E-state index >= 15 is 0 Å². The van der Waals surface area contributed by atoms with Gasteiger partial charge in [-0.1, -0.05) is 19.4 Å². The molecule has 0 amide bonds. The first-order valence-corrected chi connectivity index (χ1v) is 13.0. The van der Waals surface area contributed by atoms with Crippen LogP contribution >= 0.6 is 0 Å². The minimum Gasteiger partial charge on any atom is -0.478 e. The summed E-state index contributed by atoms with van der Waals surface area (Å²) in [5.74, 6) is -0.796. The van der Waals surface area contributed by atoms with Crippen molar-refractivity contribution in [1.29, 1.82) is 0 Å². The molecule has 0 spiro atoms. The monoisotopic (exact) mass is 288 g/mol. The minimum absolute atomic E-state index is 0.0803. The predicted octanol–water partition coefficient (Wildman–Crippen LogP) is 4.24. The van der Waals surface area contributed by atoms with Gasteiger partial charge in [0, 0.05) is 11.1 Å². The molecule has 0 aliphatic carbocycles. The number of aliphatic carboxylic acids is 1. The quantitative estimate of drug-likeness (QED) is 0.563. The molecule has 3 nitrogen and oxygen atoms in total. The van der Waals surface area contributed by atoms with Crippen LogP contribution in [0.2, 0.25) is 38.3 Å². The van der Waals surface area contributed by atoms with E-state index < -0.39 is 22.6 Å². The molecule has 0 heterocycles. The van der Waals surface area contributed by atoms with Gasteiger partial charge in [-0.2, -0.15) is 0 Å². The topological polar surface area (TPSA) is 46.5 Å². The maximum atomic E-state index is 11.4. The second-order valence-electron chi connectivity index (χ2n) is 6.21. The van der Waals surface area contributed by atoms with Crippen molar-refractivity contribution in [2.24, 2.45) is 0 Å². The zero-order valence-corrected chi connectivity index (χ0v) is 14.8. The summed E-state index contributed by atoms with van der Waals surface area (Å²) in [5.41, 5.74) is 0.614. The molecule has 0 fully saturated rings. The lowest BCUT2D eigenvalue weighted by atomic mass is 10.1. The molecule has 0 saturated carbocycles. The Morgan fingerprint density at radius 3 is 2.06 bits per heavy atom. The van der Waals surface area contributed by atoms with E-state index in [4.69, 9.17) is 4.12 Å². The van der Waals surface area contributed by atoms with Crippen molar-refractivity contribution < 1.29 is 14.0 Å². The molecule has 106 valence electrons. The van der Waals surface area contributed by atoms with Crippen LogP contribution in [0.15, 0.2) is 11.6 Å². The standard InChI is InChI=1S/C13H28O3Si2/c1-8-10-12(11(9-2)13(14)15)18(6,7)16-17(3,4)5/h9,12H,8,10H2,1-7H3,(H,14,15). The zero-order chi connectivity index (χ0) is 14.6. The highest BCUT2D eigenvalue weighted by atomic mass is 28.4. The lowest BCUT2D eigenvalue weighted by molar-refractivity contribution is -0.132. The predicted molar refractivity (Wildman–Crippen MR) is 82.0 cm³/mol. The van der Waals surface area contributed by atoms with Gasteiger partial charge in [-0.15, -0.1) is 0 Å². The number of hydrogen-bond acceptors (Lipinski definition) is 2. The first-order chi connectivity index (χ1) is 8.05. The van der Waals surface area contributed by atoms with E-state index in [1.165, 1.54) is 0 Å². The van der Waals surface area contributed by atoms with Crippen LogP contribution in [0.3, 0.4) is 0 Å². The number of carboxylic acids is 1. The lowest BCUT2D eigenvalue weighted by Crippen LogP contribution is -2.47. The van der Waals surface area contributed by atoms with Crippen molar-refractivity contribution in [3.63, 3.8) is 0 Å². The van der Waals surface area contributed by atoms with Crippen molar-refractivity contribution in [3.8, 4) is 0 Å².